The third-order valence-electron chi connectivity index (χ3n) is 3.71. The van der Waals surface area contributed by atoms with Gasteiger partial charge < -0.3 is 10.5 Å². The van der Waals surface area contributed by atoms with Gasteiger partial charge in [0.05, 0.1) is 13.5 Å². The topological polar surface area (TPSA) is 52.3 Å². The van der Waals surface area contributed by atoms with E-state index in [-0.39, 0.29) is 17.4 Å². The van der Waals surface area contributed by atoms with Crippen molar-refractivity contribution in [3.05, 3.63) is 28.2 Å². The molecule has 0 bridgehead atoms. The molecule has 0 saturated heterocycles. The zero-order chi connectivity index (χ0) is 14.8. The summed E-state index contributed by atoms with van der Waals surface area (Å²) < 4.78 is 5.82. The second-order valence-electron chi connectivity index (χ2n) is 5.51. The summed E-state index contributed by atoms with van der Waals surface area (Å²) in [7, 11) is 1.45. The Morgan fingerprint density at radius 3 is 2.75 bits per heavy atom. The normalized spacial score (nSPS) is 17.6. The Labute approximate surface area is 132 Å². The molecule has 1 aliphatic carbocycles. The first-order valence-electron chi connectivity index (χ1n) is 6.70. The van der Waals surface area contributed by atoms with E-state index in [4.69, 9.17) is 10.5 Å². The summed E-state index contributed by atoms with van der Waals surface area (Å²) in [6.07, 6.45) is 2.78. The molecule has 0 aliphatic heterocycles. The van der Waals surface area contributed by atoms with Crippen molar-refractivity contribution in [1.82, 2.24) is 0 Å². The minimum absolute atomic E-state index is 0.0255. The van der Waals surface area contributed by atoms with Crippen molar-refractivity contribution in [3.63, 3.8) is 0 Å². The predicted octanol–water partition coefficient (Wildman–Crippen LogP) is 3.90. The summed E-state index contributed by atoms with van der Waals surface area (Å²) in [4.78, 5) is 12.6. The van der Waals surface area contributed by atoms with E-state index in [0.29, 0.717) is 6.42 Å². The molecule has 1 aromatic rings. The van der Waals surface area contributed by atoms with E-state index >= 15 is 0 Å². The monoisotopic (exact) mass is 357 g/mol. The molecule has 0 aromatic heterocycles. The highest BCUT2D eigenvalue weighted by Crippen LogP contribution is 2.52. The average Bonchev–Trinajstić information content (AvgIpc) is 3.16. The number of benzene rings is 1. The molecule has 1 aliphatic rings. The third kappa shape index (κ3) is 3.99. The summed E-state index contributed by atoms with van der Waals surface area (Å²) in [5.41, 5.74) is 7.17. The van der Waals surface area contributed by atoms with Crippen LogP contribution in [0.2, 0.25) is 0 Å². The van der Waals surface area contributed by atoms with Crippen LogP contribution in [0.15, 0.2) is 27.6 Å². The van der Waals surface area contributed by atoms with E-state index < -0.39 is 0 Å². The lowest BCUT2D eigenvalue weighted by molar-refractivity contribution is -0.141. The Balaban J connectivity index is 1.94. The van der Waals surface area contributed by atoms with Gasteiger partial charge in [0.15, 0.2) is 0 Å². The molecule has 110 valence electrons. The van der Waals surface area contributed by atoms with Crippen molar-refractivity contribution in [2.24, 2.45) is 11.1 Å². The molecule has 0 heterocycles. The highest BCUT2D eigenvalue weighted by Gasteiger charge is 2.44. The van der Waals surface area contributed by atoms with Gasteiger partial charge in [-0.2, -0.15) is 0 Å². The van der Waals surface area contributed by atoms with Gasteiger partial charge in [-0.1, -0.05) is 22.0 Å². The number of ether oxygens (including phenoxy) is 1. The summed E-state index contributed by atoms with van der Waals surface area (Å²) in [5, 5.41) is 0. The van der Waals surface area contributed by atoms with Crippen molar-refractivity contribution < 1.29 is 9.53 Å². The minimum Gasteiger partial charge on any atom is -0.469 e. The molecule has 1 saturated carbocycles. The molecular formula is C15H20BrNO2S. The summed E-state index contributed by atoms with van der Waals surface area (Å²) >= 11 is 5.37. The quantitative estimate of drug-likeness (QED) is 0.619. The Bertz CT molecular complexity index is 501. The van der Waals surface area contributed by atoms with Crippen LogP contribution in [0.4, 0.5) is 0 Å². The second-order valence-corrected chi connectivity index (χ2v) is 7.42. The first kappa shape index (κ1) is 15.9. The molecule has 20 heavy (non-hydrogen) atoms. The summed E-state index contributed by atoms with van der Waals surface area (Å²) in [6.45, 7) is 1.97. The molecule has 1 atom stereocenters. The fourth-order valence-corrected chi connectivity index (χ4v) is 4.25. The molecule has 0 amide bonds. The predicted molar refractivity (Wildman–Crippen MR) is 85.8 cm³/mol. The molecule has 1 fully saturated rings. The molecule has 0 spiro atoms. The van der Waals surface area contributed by atoms with Gasteiger partial charge >= 0.3 is 5.97 Å². The van der Waals surface area contributed by atoms with Gasteiger partial charge in [-0.25, -0.2) is 0 Å². The third-order valence-corrected chi connectivity index (χ3v) is 5.74. The van der Waals surface area contributed by atoms with Crippen LogP contribution in [0.3, 0.4) is 0 Å². The van der Waals surface area contributed by atoms with Gasteiger partial charge in [-0.05, 0) is 42.9 Å². The number of rotatable bonds is 6. The highest BCUT2D eigenvalue weighted by atomic mass is 79.9. The Kier molecular flexibility index (Phi) is 5.15. The van der Waals surface area contributed by atoms with Crippen LogP contribution in [0.1, 0.15) is 37.8 Å². The van der Waals surface area contributed by atoms with Crippen LogP contribution >= 0.6 is 27.7 Å². The maximum Gasteiger partial charge on any atom is 0.306 e. The van der Waals surface area contributed by atoms with E-state index in [1.807, 2.05) is 6.92 Å². The Hall–Kier alpha value is -0.520. The lowest BCUT2D eigenvalue weighted by atomic mass is 10.1. The summed E-state index contributed by atoms with van der Waals surface area (Å²) in [6, 6.07) is 6.30. The van der Waals surface area contributed by atoms with Crippen LogP contribution < -0.4 is 5.73 Å². The number of carbonyl (C=O) groups excluding carboxylic acids is 1. The zero-order valence-corrected chi connectivity index (χ0v) is 14.2. The molecule has 0 radical (unpaired) electrons. The van der Waals surface area contributed by atoms with Gasteiger partial charge in [0.25, 0.3) is 0 Å². The number of esters is 1. The van der Waals surface area contributed by atoms with E-state index in [1.165, 1.54) is 12.0 Å². The fraction of sp³-hybridized carbons (Fsp3) is 0.533. The van der Waals surface area contributed by atoms with Crippen molar-refractivity contribution in [2.45, 2.75) is 37.1 Å². The van der Waals surface area contributed by atoms with E-state index in [9.17, 15) is 4.79 Å². The van der Waals surface area contributed by atoms with Crippen LogP contribution in [-0.4, -0.2) is 18.8 Å². The number of nitrogens with two attached hydrogens (primary N) is 1. The largest absolute Gasteiger partial charge is 0.469 e. The molecular weight excluding hydrogens is 338 g/mol. The molecule has 1 unspecified atom stereocenters. The molecule has 2 N–H and O–H groups in total. The highest BCUT2D eigenvalue weighted by molar-refractivity contribution is 9.10. The second kappa shape index (κ2) is 6.50. The number of carbonyl (C=O) groups is 1. The number of halogens is 1. The zero-order valence-electron chi connectivity index (χ0n) is 11.8. The van der Waals surface area contributed by atoms with Gasteiger partial charge in [-0.3, -0.25) is 4.79 Å². The Morgan fingerprint density at radius 1 is 1.55 bits per heavy atom. The molecule has 1 aromatic carbocycles. The van der Waals surface area contributed by atoms with Crippen molar-refractivity contribution in [1.29, 1.82) is 0 Å². The molecule has 2 rings (SSSR count). The Morgan fingerprint density at radius 2 is 2.25 bits per heavy atom. The van der Waals surface area contributed by atoms with Crippen molar-refractivity contribution in [2.75, 3.05) is 12.9 Å². The van der Waals surface area contributed by atoms with E-state index in [1.54, 1.807) is 11.8 Å². The number of hydrogen-bond acceptors (Lipinski definition) is 4. The van der Waals surface area contributed by atoms with Gasteiger partial charge in [-0.15, -0.1) is 11.8 Å². The fourth-order valence-electron chi connectivity index (χ4n) is 2.13. The first-order valence-corrected chi connectivity index (χ1v) is 8.48. The number of thioether (sulfide) groups is 1. The van der Waals surface area contributed by atoms with Crippen molar-refractivity contribution >= 4 is 33.7 Å². The molecule has 3 nitrogen and oxygen atoms in total. The first-order chi connectivity index (χ1) is 9.46. The van der Waals surface area contributed by atoms with Crippen LogP contribution in [0, 0.1) is 5.41 Å². The van der Waals surface area contributed by atoms with Gasteiger partial charge in [0, 0.05) is 21.2 Å². The number of hydrogen-bond donors (Lipinski definition) is 1. The SMILES string of the molecule is COC(=O)CC1(CSc2ccc(C(C)N)c(Br)c2)CC1. The minimum atomic E-state index is -0.100. The molecule has 5 heteroatoms. The lowest BCUT2D eigenvalue weighted by Gasteiger charge is -2.14. The van der Waals surface area contributed by atoms with Crippen molar-refractivity contribution in [3.8, 4) is 0 Å². The van der Waals surface area contributed by atoms with Crippen LogP contribution in [0.25, 0.3) is 0 Å². The lowest BCUT2D eigenvalue weighted by Crippen LogP contribution is -2.13. The van der Waals surface area contributed by atoms with E-state index in [0.717, 1.165) is 28.6 Å². The number of methoxy groups -OCH3 is 1. The van der Waals surface area contributed by atoms with Crippen LogP contribution in [-0.2, 0) is 9.53 Å². The standard InChI is InChI=1S/C15H20BrNO2S/c1-10(17)12-4-3-11(7-13(12)16)20-9-15(5-6-15)8-14(18)19-2/h3-4,7,10H,5-6,8-9,17H2,1-2H3. The van der Waals surface area contributed by atoms with Crippen LogP contribution in [0.5, 0.6) is 0 Å². The van der Waals surface area contributed by atoms with E-state index in [2.05, 4.69) is 34.1 Å². The average molecular weight is 358 g/mol. The maximum absolute atomic E-state index is 11.4. The smallest absolute Gasteiger partial charge is 0.306 e. The van der Waals surface area contributed by atoms with Gasteiger partial charge in [0.2, 0.25) is 0 Å². The van der Waals surface area contributed by atoms with Gasteiger partial charge in [0.1, 0.15) is 0 Å². The maximum atomic E-state index is 11.4. The summed E-state index contributed by atoms with van der Waals surface area (Å²) in [5.74, 6) is 0.864.